The first-order valence-electron chi connectivity index (χ1n) is 14.9. The van der Waals surface area contributed by atoms with Crippen molar-refractivity contribution in [2.45, 2.75) is 19.6 Å². The topological polar surface area (TPSA) is 88.4 Å². The van der Waals surface area contributed by atoms with Crippen LogP contribution in [0.15, 0.2) is 117 Å². The number of aromatic nitrogens is 1. The zero-order chi connectivity index (χ0) is 32.9. The monoisotopic (exact) mass is 710 g/mol. The standard InChI is InChI=1S/C37H31BrN2O6S/c1-4-45-36(42)32-33(25-13-9-6-10-14-25)39-37-40(34(32)26-16-18-29(43-2)30(21-26)44-3)35(41)31(47-37)20-24-15-17-28(27(38)19-24)46-22-23-11-7-5-8-12-23/h5-21,34H,4,22H2,1-3H3/b31-20-/t34-/m1/s1. The van der Waals surface area contributed by atoms with E-state index in [2.05, 4.69) is 15.9 Å². The van der Waals surface area contributed by atoms with Crippen LogP contribution < -0.4 is 29.1 Å². The summed E-state index contributed by atoms with van der Waals surface area (Å²) in [6, 6.07) is 29.5. The zero-order valence-corrected chi connectivity index (χ0v) is 28.3. The van der Waals surface area contributed by atoms with E-state index in [1.165, 1.54) is 11.3 Å². The Morgan fingerprint density at radius 2 is 1.62 bits per heavy atom. The van der Waals surface area contributed by atoms with Crippen LogP contribution in [0.1, 0.15) is 35.2 Å². The lowest BCUT2D eigenvalue weighted by Crippen LogP contribution is -2.40. The van der Waals surface area contributed by atoms with Crippen molar-refractivity contribution in [1.82, 2.24) is 4.57 Å². The van der Waals surface area contributed by atoms with Gasteiger partial charge in [0.1, 0.15) is 12.4 Å². The molecule has 238 valence electrons. The van der Waals surface area contributed by atoms with Crippen molar-refractivity contribution < 1.29 is 23.7 Å². The van der Waals surface area contributed by atoms with Crippen molar-refractivity contribution in [2.24, 2.45) is 4.99 Å². The Hall–Kier alpha value is -4.93. The normalized spacial score (nSPS) is 14.3. The van der Waals surface area contributed by atoms with Crippen LogP contribution in [0.4, 0.5) is 0 Å². The molecule has 0 unspecified atom stereocenters. The molecule has 0 saturated carbocycles. The molecule has 0 radical (unpaired) electrons. The molecule has 1 aliphatic heterocycles. The van der Waals surface area contributed by atoms with Gasteiger partial charge in [-0.25, -0.2) is 9.79 Å². The van der Waals surface area contributed by atoms with Gasteiger partial charge >= 0.3 is 5.97 Å². The maximum absolute atomic E-state index is 14.3. The Morgan fingerprint density at radius 1 is 0.915 bits per heavy atom. The zero-order valence-electron chi connectivity index (χ0n) is 25.9. The summed E-state index contributed by atoms with van der Waals surface area (Å²) in [7, 11) is 3.10. The summed E-state index contributed by atoms with van der Waals surface area (Å²) in [5.41, 5.74) is 3.64. The predicted octanol–water partition coefficient (Wildman–Crippen LogP) is 6.29. The fourth-order valence-corrected chi connectivity index (χ4v) is 6.90. The lowest BCUT2D eigenvalue weighted by molar-refractivity contribution is -0.138. The molecule has 6 rings (SSSR count). The predicted molar refractivity (Wildman–Crippen MR) is 186 cm³/mol. The second-order valence-electron chi connectivity index (χ2n) is 10.5. The summed E-state index contributed by atoms with van der Waals surface area (Å²) in [5, 5.41) is 0. The molecule has 1 aliphatic rings. The highest BCUT2D eigenvalue weighted by molar-refractivity contribution is 9.10. The summed E-state index contributed by atoms with van der Waals surface area (Å²) in [5.74, 6) is 1.12. The van der Waals surface area contributed by atoms with E-state index in [0.29, 0.717) is 44.4 Å². The number of halogens is 1. The number of esters is 1. The van der Waals surface area contributed by atoms with E-state index in [1.54, 1.807) is 37.8 Å². The van der Waals surface area contributed by atoms with Crippen LogP contribution in [-0.4, -0.2) is 31.4 Å². The highest BCUT2D eigenvalue weighted by Gasteiger charge is 2.35. The summed E-state index contributed by atoms with van der Waals surface area (Å²) in [4.78, 5) is 33.4. The Morgan fingerprint density at radius 3 is 2.30 bits per heavy atom. The van der Waals surface area contributed by atoms with Gasteiger partial charge in [-0.1, -0.05) is 84.1 Å². The summed E-state index contributed by atoms with van der Waals surface area (Å²) in [6.07, 6.45) is 1.82. The number of methoxy groups -OCH3 is 2. The molecule has 0 amide bonds. The van der Waals surface area contributed by atoms with Crippen LogP contribution in [0.3, 0.4) is 0 Å². The minimum Gasteiger partial charge on any atom is -0.493 e. The molecular formula is C37H31BrN2O6S. The molecule has 0 bridgehead atoms. The number of carbonyl (C=O) groups is 1. The molecule has 4 aromatic carbocycles. The number of nitrogens with zero attached hydrogens (tertiary/aromatic N) is 2. The molecule has 8 nitrogen and oxygen atoms in total. The fourth-order valence-electron chi connectivity index (χ4n) is 5.39. The average molecular weight is 712 g/mol. The van der Waals surface area contributed by atoms with Gasteiger partial charge in [0.2, 0.25) is 0 Å². The number of benzene rings is 4. The minimum absolute atomic E-state index is 0.160. The Kier molecular flexibility index (Phi) is 9.70. The van der Waals surface area contributed by atoms with E-state index in [0.717, 1.165) is 21.2 Å². The van der Waals surface area contributed by atoms with Gasteiger partial charge in [0.25, 0.3) is 5.56 Å². The van der Waals surface area contributed by atoms with Crippen LogP contribution in [-0.2, 0) is 16.1 Å². The summed E-state index contributed by atoms with van der Waals surface area (Å²) < 4.78 is 25.4. The van der Waals surface area contributed by atoms with Crippen LogP contribution >= 0.6 is 27.3 Å². The van der Waals surface area contributed by atoms with Gasteiger partial charge in [0, 0.05) is 5.56 Å². The van der Waals surface area contributed by atoms with Crippen LogP contribution in [0.5, 0.6) is 17.2 Å². The average Bonchev–Trinajstić information content (AvgIpc) is 3.41. The van der Waals surface area contributed by atoms with Gasteiger partial charge in [-0.2, -0.15) is 0 Å². The maximum Gasteiger partial charge on any atom is 0.338 e. The van der Waals surface area contributed by atoms with Crippen LogP contribution in [0, 0.1) is 0 Å². The third-order valence-corrected chi connectivity index (χ3v) is 9.19. The van der Waals surface area contributed by atoms with Gasteiger partial charge < -0.3 is 18.9 Å². The number of fused-ring (bicyclic) bond motifs is 1. The maximum atomic E-state index is 14.3. The van der Waals surface area contributed by atoms with E-state index in [9.17, 15) is 9.59 Å². The molecule has 2 heterocycles. The number of rotatable bonds is 10. The number of hydrogen-bond acceptors (Lipinski definition) is 8. The first kappa shape index (κ1) is 32.0. The third kappa shape index (κ3) is 6.65. The minimum atomic E-state index is -0.844. The number of hydrogen-bond donors (Lipinski definition) is 0. The highest BCUT2D eigenvalue weighted by Crippen LogP contribution is 2.38. The molecular weight excluding hydrogens is 680 g/mol. The molecule has 1 atom stereocenters. The van der Waals surface area contributed by atoms with Crippen molar-refractivity contribution in [3.8, 4) is 17.2 Å². The molecule has 10 heteroatoms. The number of thiazole rings is 1. The van der Waals surface area contributed by atoms with Crippen LogP contribution in [0.25, 0.3) is 11.8 Å². The second-order valence-corrected chi connectivity index (χ2v) is 12.4. The Balaban J connectivity index is 1.50. The Bertz CT molecular complexity index is 2140. The van der Waals surface area contributed by atoms with E-state index in [-0.39, 0.29) is 17.7 Å². The molecule has 0 aliphatic carbocycles. The summed E-state index contributed by atoms with van der Waals surface area (Å²) in [6.45, 7) is 2.34. The van der Waals surface area contributed by atoms with E-state index < -0.39 is 12.0 Å². The first-order valence-corrected chi connectivity index (χ1v) is 16.5. The number of carbonyl (C=O) groups excluding carboxylic acids is 1. The largest absolute Gasteiger partial charge is 0.493 e. The van der Waals surface area contributed by atoms with E-state index in [1.807, 2.05) is 91.0 Å². The molecule has 0 spiro atoms. The SMILES string of the molecule is CCOC(=O)C1=C(c2ccccc2)N=c2s/c(=C\c3ccc(OCc4ccccc4)c(Br)c3)c(=O)n2[C@@H]1c1ccc(OC)c(OC)c1. The fraction of sp³-hybridized carbons (Fsp3) is 0.162. The third-order valence-electron chi connectivity index (χ3n) is 7.59. The smallest absolute Gasteiger partial charge is 0.338 e. The lowest BCUT2D eigenvalue weighted by Gasteiger charge is -2.26. The highest BCUT2D eigenvalue weighted by atomic mass is 79.9. The summed E-state index contributed by atoms with van der Waals surface area (Å²) >= 11 is 4.88. The molecule has 0 saturated heterocycles. The molecule has 5 aromatic rings. The molecule has 0 N–H and O–H groups in total. The van der Waals surface area contributed by atoms with Crippen molar-refractivity contribution >= 4 is 45.0 Å². The molecule has 0 fully saturated rings. The van der Waals surface area contributed by atoms with Gasteiger partial charge in [0.05, 0.1) is 47.1 Å². The van der Waals surface area contributed by atoms with Crippen molar-refractivity contribution in [3.63, 3.8) is 0 Å². The van der Waals surface area contributed by atoms with E-state index >= 15 is 0 Å². The first-order chi connectivity index (χ1) is 22.9. The Labute approximate surface area is 284 Å². The van der Waals surface area contributed by atoms with Gasteiger partial charge in [-0.15, -0.1) is 0 Å². The van der Waals surface area contributed by atoms with Crippen molar-refractivity contribution in [2.75, 3.05) is 20.8 Å². The second kappa shape index (κ2) is 14.2. The van der Waals surface area contributed by atoms with Crippen molar-refractivity contribution in [1.29, 1.82) is 0 Å². The molecule has 1 aromatic heterocycles. The van der Waals surface area contributed by atoms with Gasteiger partial charge in [0.15, 0.2) is 16.3 Å². The van der Waals surface area contributed by atoms with E-state index in [4.69, 9.17) is 23.9 Å². The van der Waals surface area contributed by atoms with Gasteiger partial charge in [-0.05, 0) is 69.9 Å². The van der Waals surface area contributed by atoms with Gasteiger partial charge in [-0.3, -0.25) is 9.36 Å². The van der Waals surface area contributed by atoms with Crippen molar-refractivity contribution in [3.05, 3.63) is 149 Å². The number of ether oxygens (including phenoxy) is 4. The molecule has 47 heavy (non-hydrogen) atoms. The van der Waals surface area contributed by atoms with Crippen LogP contribution in [0.2, 0.25) is 0 Å². The lowest BCUT2D eigenvalue weighted by atomic mass is 9.93. The quantitative estimate of drug-likeness (QED) is 0.158.